The maximum absolute atomic E-state index is 13.7. The summed E-state index contributed by atoms with van der Waals surface area (Å²) < 4.78 is 46.4. The SMILES string of the molecule is C/C=C\C.CC1CCCN(c2nc(C(F)(F)F)c(C(=O)Nc3ccc(N4CCC(c5ccccc5)CC4)nc3)o2)C1. The minimum absolute atomic E-state index is 0.170. The van der Waals surface area contributed by atoms with Gasteiger partial charge in [-0.05, 0) is 69.1 Å². The van der Waals surface area contributed by atoms with E-state index in [1.807, 2.05) is 39.0 Å². The summed E-state index contributed by atoms with van der Waals surface area (Å²) in [6, 6.07) is 13.7. The number of carbonyl (C=O) groups is 1. The molecule has 220 valence electrons. The highest BCUT2D eigenvalue weighted by atomic mass is 19.4. The van der Waals surface area contributed by atoms with Crippen LogP contribution in [0, 0.1) is 5.92 Å². The van der Waals surface area contributed by atoms with Crippen LogP contribution < -0.4 is 15.1 Å². The molecule has 0 saturated carbocycles. The van der Waals surface area contributed by atoms with E-state index in [4.69, 9.17) is 4.42 Å². The summed E-state index contributed by atoms with van der Waals surface area (Å²) in [4.78, 5) is 24.7. The molecule has 2 aliphatic heterocycles. The maximum atomic E-state index is 13.7. The third-order valence-electron chi connectivity index (χ3n) is 7.45. The molecule has 2 fully saturated rings. The van der Waals surface area contributed by atoms with Crippen LogP contribution in [0.15, 0.2) is 65.2 Å². The van der Waals surface area contributed by atoms with E-state index in [0.29, 0.717) is 24.9 Å². The number of allylic oxidation sites excluding steroid dienone is 2. The molecule has 10 heteroatoms. The number of halogens is 3. The van der Waals surface area contributed by atoms with Crippen LogP contribution in [0.1, 0.15) is 74.2 Å². The monoisotopic (exact) mass is 569 g/mol. The normalized spacial score (nSPS) is 18.2. The Morgan fingerprint density at radius 1 is 1.00 bits per heavy atom. The van der Waals surface area contributed by atoms with Crippen LogP contribution in [0.4, 0.5) is 30.7 Å². The molecule has 3 aromatic rings. The average Bonchev–Trinajstić information content (AvgIpc) is 3.45. The molecule has 7 nitrogen and oxygen atoms in total. The first kappa shape index (κ1) is 30.1. The highest BCUT2D eigenvalue weighted by molar-refractivity contribution is 6.03. The Hall–Kier alpha value is -3.82. The largest absolute Gasteiger partial charge is 0.437 e. The Bertz CT molecular complexity index is 1280. The van der Waals surface area contributed by atoms with Gasteiger partial charge in [0.05, 0.1) is 11.9 Å². The number of nitrogens with zero attached hydrogens (tertiary/aromatic N) is 4. The summed E-state index contributed by atoms with van der Waals surface area (Å²) in [5.74, 6) is -0.261. The van der Waals surface area contributed by atoms with Crippen LogP contribution in [0.2, 0.25) is 0 Å². The highest BCUT2D eigenvalue weighted by Gasteiger charge is 2.42. The minimum atomic E-state index is -4.82. The van der Waals surface area contributed by atoms with Crippen LogP contribution in [0.5, 0.6) is 0 Å². The zero-order valence-corrected chi connectivity index (χ0v) is 23.8. The molecule has 0 radical (unpaired) electrons. The number of alkyl halides is 3. The Balaban J connectivity index is 0.000000909. The fourth-order valence-corrected chi connectivity index (χ4v) is 5.16. The second kappa shape index (κ2) is 13.7. The van der Waals surface area contributed by atoms with Gasteiger partial charge in [0.15, 0.2) is 5.69 Å². The summed E-state index contributed by atoms with van der Waals surface area (Å²) in [5, 5.41) is 2.48. The van der Waals surface area contributed by atoms with Crippen molar-refractivity contribution in [3.05, 3.63) is 77.8 Å². The fourth-order valence-electron chi connectivity index (χ4n) is 5.16. The van der Waals surface area contributed by atoms with Crippen molar-refractivity contribution in [3.63, 3.8) is 0 Å². The van der Waals surface area contributed by atoms with Crippen LogP contribution in [0.3, 0.4) is 0 Å². The van der Waals surface area contributed by atoms with Crippen LogP contribution in [0.25, 0.3) is 0 Å². The Morgan fingerprint density at radius 2 is 1.71 bits per heavy atom. The standard InChI is InChI=1S/C27H30F3N5O2.C4H8/c1-18-6-5-13-35(17-18)26-33-24(27(28,29)30)23(37-26)25(36)32-21-9-10-22(31-16-21)34-14-11-20(12-15-34)19-7-3-2-4-8-19;1-3-4-2/h2-4,7-10,16,18,20H,5-6,11-15,17H2,1H3,(H,32,36);3-4H,1-2H3/b;4-3-. The van der Waals surface area contributed by atoms with Gasteiger partial charge in [-0.2, -0.15) is 18.2 Å². The number of rotatable bonds is 5. The third kappa shape index (κ3) is 7.89. The van der Waals surface area contributed by atoms with E-state index in [2.05, 4.69) is 44.5 Å². The molecule has 1 amide bonds. The van der Waals surface area contributed by atoms with Crippen molar-refractivity contribution in [2.24, 2.45) is 5.92 Å². The second-order valence-electron chi connectivity index (χ2n) is 10.6. The lowest BCUT2D eigenvalue weighted by atomic mass is 9.89. The van der Waals surface area contributed by atoms with Crippen molar-refractivity contribution in [1.29, 1.82) is 0 Å². The van der Waals surface area contributed by atoms with Crippen molar-refractivity contribution in [2.45, 2.75) is 58.5 Å². The van der Waals surface area contributed by atoms with Gasteiger partial charge in [0.1, 0.15) is 5.82 Å². The van der Waals surface area contributed by atoms with Crippen LogP contribution >= 0.6 is 0 Å². The van der Waals surface area contributed by atoms with Crippen molar-refractivity contribution < 1.29 is 22.4 Å². The number of hydrogen-bond acceptors (Lipinski definition) is 6. The smallest absolute Gasteiger partial charge is 0.417 e. The van der Waals surface area contributed by atoms with E-state index in [9.17, 15) is 18.0 Å². The molecule has 0 aliphatic carbocycles. The quantitative estimate of drug-likeness (QED) is 0.320. The molecular formula is C31H38F3N5O2. The molecule has 2 saturated heterocycles. The Labute approximate surface area is 239 Å². The van der Waals surface area contributed by atoms with Crippen LogP contribution in [-0.2, 0) is 6.18 Å². The van der Waals surface area contributed by atoms with Gasteiger partial charge in [-0.25, -0.2) is 4.98 Å². The molecule has 0 spiro atoms. The number of anilines is 3. The number of hydrogen-bond donors (Lipinski definition) is 1. The van der Waals surface area contributed by atoms with Gasteiger partial charge in [0.25, 0.3) is 11.9 Å². The number of carbonyl (C=O) groups excluding carboxylic acids is 1. The highest BCUT2D eigenvalue weighted by Crippen LogP contribution is 2.35. The van der Waals surface area contributed by atoms with Gasteiger partial charge in [-0.15, -0.1) is 0 Å². The van der Waals surface area contributed by atoms with Crippen molar-refractivity contribution in [1.82, 2.24) is 9.97 Å². The molecule has 41 heavy (non-hydrogen) atoms. The maximum Gasteiger partial charge on any atom is 0.437 e. The number of amides is 1. The zero-order chi connectivity index (χ0) is 29.4. The minimum Gasteiger partial charge on any atom is -0.417 e. The summed E-state index contributed by atoms with van der Waals surface area (Å²) in [6.45, 7) is 8.80. The number of aromatic nitrogens is 2. The zero-order valence-electron chi connectivity index (χ0n) is 23.8. The van der Waals surface area contributed by atoms with Crippen molar-refractivity contribution in [3.8, 4) is 0 Å². The number of piperidine rings is 2. The molecular weight excluding hydrogens is 531 g/mol. The predicted octanol–water partition coefficient (Wildman–Crippen LogP) is 7.54. The number of nitrogens with one attached hydrogen (secondary N) is 1. The lowest BCUT2D eigenvalue weighted by molar-refractivity contribution is -0.141. The molecule has 4 heterocycles. The van der Waals surface area contributed by atoms with Gasteiger partial charge in [0.2, 0.25) is 5.76 Å². The average molecular weight is 570 g/mol. The number of benzene rings is 1. The predicted molar refractivity (Wildman–Crippen MR) is 155 cm³/mol. The van der Waals surface area contributed by atoms with Gasteiger partial charge in [0, 0.05) is 26.2 Å². The molecule has 1 unspecified atom stereocenters. The molecule has 2 aliphatic rings. The van der Waals surface area contributed by atoms with Crippen LogP contribution in [-0.4, -0.2) is 42.1 Å². The van der Waals surface area contributed by atoms with Gasteiger partial charge < -0.3 is 19.5 Å². The van der Waals surface area contributed by atoms with E-state index < -0.39 is 23.5 Å². The third-order valence-corrected chi connectivity index (χ3v) is 7.45. The summed E-state index contributed by atoms with van der Waals surface area (Å²) in [6.07, 6.45) is 4.47. The van der Waals surface area contributed by atoms with Crippen molar-refractivity contribution >= 4 is 23.4 Å². The second-order valence-corrected chi connectivity index (χ2v) is 10.6. The van der Waals surface area contributed by atoms with E-state index in [0.717, 1.165) is 44.6 Å². The lowest BCUT2D eigenvalue weighted by Gasteiger charge is -2.33. The van der Waals surface area contributed by atoms with Gasteiger partial charge >= 0.3 is 6.18 Å². The topological polar surface area (TPSA) is 74.5 Å². The van der Waals surface area contributed by atoms with E-state index in [1.54, 1.807) is 17.0 Å². The van der Waals surface area contributed by atoms with E-state index in [1.165, 1.54) is 11.8 Å². The lowest BCUT2D eigenvalue weighted by Crippen LogP contribution is -2.34. The summed E-state index contributed by atoms with van der Waals surface area (Å²) >= 11 is 0. The van der Waals surface area contributed by atoms with Gasteiger partial charge in [-0.1, -0.05) is 49.4 Å². The molecule has 0 bridgehead atoms. The number of oxazole rings is 1. The van der Waals surface area contributed by atoms with Gasteiger partial charge in [-0.3, -0.25) is 4.79 Å². The molecule has 5 rings (SSSR count). The summed E-state index contributed by atoms with van der Waals surface area (Å²) in [7, 11) is 0. The van der Waals surface area contributed by atoms with E-state index in [-0.39, 0.29) is 11.7 Å². The van der Waals surface area contributed by atoms with Crippen molar-refractivity contribution in [2.75, 3.05) is 41.3 Å². The summed E-state index contributed by atoms with van der Waals surface area (Å²) in [5.41, 5.74) is 0.312. The fraction of sp³-hybridized carbons (Fsp3) is 0.452. The molecule has 1 atom stereocenters. The number of pyridine rings is 1. The Morgan fingerprint density at radius 3 is 2.29 bits per heavy atom. The Kier molecular flexibility index (Phi) is 10.1. The molecule has 1 aromatic carbocycles. The van der Waals surface area contributed by atoms with E-state index >= 15 is 0 Å². The molecule has 2 aromatic heterocycles. The first-order valence-corrected chi connectivity index (χ1v) is 14.2. The molecule has 1 N–H and O–H groups in total. The first-order chi connectivity index (χ1) is 19.7. The first-order valence-electron chi connectivity index (χ1n) is 14.2.